The van der Waals surface area contributed by atoms with E-state index in [2.05, 4.69) is 15.2 Å². The molecule has 2 heterocycles. The molecule has 9 heteroatoms. The standard InChI is InChI=1S/C24H26ClN3O4S/c1-14-22(33-24(26-14)15-5-7-20(31-3)21(11-15)32-4)23(29)27-17-9-10-28(13-17)18-12-16(25)6-8-19(18)30-2/h5-8,11-12,17H,9-10,13H2,1-4H3,(H,27,29). The molecule has 174 valence electrons. The molecule has 1 atom stereocenters. The molecule has 1 unspecified atom stereocenters. The maximum absolute atomic E-state index is 13.1. The van der Waals surface area contributed by atoms with Gasteiger partial charge in [-0.25, -0.2) is 4.98 Å². The van der Waals surface area contributed by atoms with E-state index in [1.807, 2.05) is 43.3 Å². The van der Waals surface area contributed by atoms with Crippen molar-refractivity contribution in [3.05, 3.63) is 52.0 Å². The molecule has 1 fully saturated rings. The number of methoxy groups -OCH3 is 3. The average Bonchev–Trinajstić information content (AvgIpc) is 3.45. The van der Waals surface area contributed by atoms with Crippen LogP contribution in [-0.2, 0) is 0 Å². The van der Waals surface area contributed by atoms with Crippen LogP contribution >= 0.6 is 22.9 Å². The Bertz CT molecular complexity index is 1170. The quantitative estimate of drug-likeness (QED) is 0.515. The highest BCUT2D eigenvalue weighted by Gasteiger charge is 2.28. The molecule has 4 rings (SSSR count). The summed E-state index contributed by atoms with van der Waals surface area (Å²) in [6.07, 6.45) is 0.835. The zero-order valence-electron chi connectivity index (χ0n) is 19.0. The highest BCUT2D eigenvalue weighted by molar-refractivity contribution is 7.17. The van der Waals surface area contributed by atoms with Gasteiger partial charge < -0.3 is 24.4 Å². The Morgan fingerprint density at radius 1 is 1.09 bits per heavy atom. The van der Waals surface area contributed by atoms with Crippen LogP contribution in [0.25, 0.3) is 10.6 Å². The first-order valence-electron chi connectivity index (χ1n) is 10.5. The SMILES string of the molecule is COc1ccc(-c2nc(C)c(C(=O)NC3CCN(c4cc(Cl)ccc4OC)C3)s2)cc1OC. The topological polar surface area (TPSA) is 72.9 Å². The molecule has 1 aliphatic heterocycles. The maximum Gasteiger partial charge on any atom is 0.263 e. The van der Waals surface area contributed by atoms with Crippen LogP contribution in [0.1, 0.15) is 21.8 Å². The number of anilines is 1. The van der Waals surface area contributed by atoms with Gasteiger partial charge in [0, 0.05) is 29.7 Å². The number of ether oxygens (including phenoxy) is 3. The number of nitrogens with zero attached hydrogens (tertiary/aromatic N) is 2. The number of hydrogen-bond acceptors (Lipinski definition) is 7. The predicted molar refractivity (Wildman–Crippen MR) is 131 cm³/mol. The van der Waals surface area contributed by atoms with Gasteiger partial charge in [-0.2, -0.15) is 0 Å². The van der Waals surface area contributed by atoms with Gasteiger partial charge in [0.25, 0.3) is 5.91 Å². The minimum atomic E-state index is -0.110. The molecule has 33 heavy (non-hydrogen) atoms. The molecule has 0 radical (unpaired) electrons. The van der Waals surface area contributed by atoms with E-state index in [0.29, 0.717) is 33.6 Å². The predicted octanol–water partition coefficient (Wildman–Crippen LogP) is 4.81. The molecule has 1 N–H and O–H groups in total. The largest absolute Gasteiger partial charge is 0.495 e. The van der Waals surface area contributed by atoms with Crippen LogP contribution in [0, 0.1) is 6.92 Å². The van der Waals surface area contributed by atoms with Crippen molar-refractivity contribution in [3.8, 4) is 27.8 Å². The minimum absolute atomic E-state index is 0.0206. The molecule has 0 saturated carbocycles. The number of rotatable bonds is 7. The summed E-state index contributed by atoms with van der Waals surface area (Å²) in [6, 6.07) is 11.2. The van der Waals surface area contributed by atoms with Crippen molar-refractivity contribution in [3.63, 3.8) is 0 Å². The lowest BCUT2D eigenvalue weighted by Gasteiger charge is -2.21. The summed E-state index contributed by atoms with van der Waals surface area (Å²) in [5.74, 6) is 1.93. The molecule has 0 bridgehead atoms. The van der Waals surface area contributed by atoms with Crippen molar-refractivity contribution in [1.82, 2.24) is 10.3 Å². The zero-order valence-corrected chi connectivity index (χ0v) is 20.5. The molecule has 0 aliphatic carbocycles. The highest BCUT2D eigenvalue weighted by Crippen LogP contribution is 2.36. The Morgan fingerprint density at radius 2 is 1.82 bits per heavy atom. The Morgan fingerprint density at radius 3 is 2.55 bits per heavy atom. The fraction of sp³-hybridized carbons (Fsp3) is 0.333. The number of aryl methyl sites for hydroxylation is 1. The fourth-order valence-corrected chi connectivity index (χ4v) is 5.09. The van der Waals surface area contributed by atoms with Gasteiger partial charge in [0.15, 0.2) is 11.5 Å². The number of carbonyl (C=O) groups excluding carboxylic acids is 1. The first-order valence-corrected chi connectivity index (χ1v) is 11.7. The molecule has 3 aromatic rings. The van der Waals surface area contributed by atoms with Crippen LogP contribution in [0.3, 0.4) is 0 Å². The minimum Gasteiger partial charge on any atom is -0.495 e. The Kier molecular flexibility index (Phi) is 6.95. The monoisotopic (exact) mass is 487 g/mol. The summed E-state index contributed by atoms with van der Waals surface area (Å²) in [5, 5.41) is 4.58. The third-order valence-corrected chi connectivity index (χ3v) is 7.08. The summed E-state index contributed by atoms with van der Waals surface area (Å²) in [7, 11) is 4.84. The first-order chi connectivity index (χ1) is 15.9. The number of thiazole rings is 1. The van der Waals surface area contributed by atoms with Crippen LogP contribution in [0.4, 0.5) is 5.69 Å². The molecule has 7 nitrogen and oxygen atoms in total. The fourth-order valence-electron chi connectivity index (χ4n) is 3.96. The summed E-state index contributed by atoms with van der Waals surface area (Å²) in [4.78, 5) is 20.5. The van der Waals surface area contributed by atoms with E-state index in [9.17, 15) is 4.79 Å². The normalized spacial score (nSPS) is 15.4. The van der Waals surface area contributed by atoms with Gasteiger partial charge in [0.2, 0.25) is 0 Å². The van der Waals surface area contributed by atoms with Crippen molar-refractivity contribution >= 4 is 34.5 Å². The Hall–Kier alpha value is -2.97. The van der Waals surface area contributed by atoms with E-state index >= 15 is 0 Å². The number of hydrogen-bond donors (Lipinski definition) is 1. The maximum atomic E-state index is 13.1. The first kappa shape index (κ1) is 23.2. The molecule has 1 aromatic heterocycles. The molecule has 1 aliphatic rings. The number of benzene rings is 2. The van der Waals surface area contributed by atoms with E-state index in [0.717, 1.165) is 35.0 Å². The lowest BCUT2D eigenvalue weighted by molar-refractivity contribution is 0.0943. The number of aromatic nitrogens is 1. The molecule has 1 amide bonds. The molecular formula is C24H26ClN3O4S. The van der Waals surface area contributed by atoms with Crippen LogP contribution in [0.2, 0.25) is 5.02 Å². The summed E-state index contributed by atoms with van der Waals surface area (Å²) < 4.78 is 16.2. The molecular weight excluding hydrogens is 462 g/mol. The van der Waals surface area contributed by atoms with E-state index in [1.165, 1.54) is 11.3 Å². The van der Waals surface area contributed by atoms with Gasteiger partial charge in [0.05, 0.1) is 32.7 Å². The van der Waals surface area contributed by atoms with Crippen LogP contribution < -0.4 is 24.4 Å². The summed E-state index contributed by atoms with van der Waals surface area (Å²) >= 11 is 7.56. The van der Waals surface area contributed by atoms with E-state index in [4.69, 9.17) is 25.8 Å². The van der Waals surface area contributed by atoms with Gasteiger partial charge in [-0.3, -0.25) is 4.79 Å². The van der Waals surface area contributed by atoms with Crippen molar-refractivity contribution in [2.45, 2.75) is 19.4 Å². The van der Waals surface area contributed by atoms with Gasteiger partial charge in [-0.15, -0.1) is 11.3 Å². The summed E-state index contributed by atoms with van der Waals surface area (Å²) in [5.41, 5.74) is 2.51. The van der Waals surface area contributed by atoms with Crippen LogP contribution in [0.5, 0.6) is 17.2 Å². The summed E-state index contributed by atoms with van der Waals surface area (Å²) in [6.45, 7) is 3.34. The van der Waals surface area contributed by atoms with Crippen molar-refractivity contribution in [1.29, 1.82) is 0 Å². The van der Waals surface area contributed by atoms with Gasteiger partial charge in [-0.05, 0) is 49.7 Å². The number of amides is 1. The van der Waals surface area contributed by atoms with Crippen LogP contribution in [0.15, 0.2) is 36.4 Å². The Balaban J connectivity index is 1.47. The number of halogens is 1. The average molecular weight is 488 g/mol. The lowest BCUT2D eigenvalue weighted by atomic mass is 10.2. The van der Waals surface area contributed by atoms with Crippen molar-refractivity contribution < 1.29 is 19.0 Å². The number of nitrogens with one attached hydrogen (secondary N) is 1. The van der Waals surface area contributed by atoms with Crippen LogP contribution in [-0.4, -0.2) is 51.4 Å². The van der Waals surface area contributed by atoms with Gasteiger partial charge in [0.1, 0.15) is 15.6 Å². The zero-order chi connectivity index (χ0) is 23.5. The Labute approximate surface area is 202 Å². The van der Waals surface area contributed by atoms with E-state index < -0.39 is 0 Å². The molecule has 2 aromatic carbocycles. The highest BCUT2D eigenvalue weighted by atomic mass is 35.5. The van der Waals surface area contributed by atoms with Gasteiger partial charge >= 0.3 is 0 Å². The third-order valence-electron chi connectivity index (χ3n) is 5.64. The second-order valence-electron chi connectivity index (χ2n) is 7.72. The van der Waals surface area contributed by atoms with E-state index in [-0.39, 0.29) is 11.9 Å². The van der Waals surface area contributed by atoms with E-state index in [1.54, 1.807) is 21.3 Å². The molecule has 0 spiro atoms. The van der Waals surface area contributed by atoms with Crippen molar-refractivity contribution in [2.75, 3.05) is 39.3 Å². The van der Waals surface area contributed by atoms with Gasteiger partial charge in [-0.1, -0.05) is 11.6 Å². The van der Waals surface area contributed by atoms with Crippen molar-refractivity contribution in [2.24, 2.45) is 0 Å². The second-order valence-corrected chi connectivity index (χ2v) is 9.16. The molecule has 1 saturated heterocycles. The third kappa shape index (κ3) is 4.86. The lowest BCUT2D eigenvalue weighted by Crippen LogP contribution is -2.37. The number of carbonyl (C=O) groups is 1. The smallest absolute Gasteiger partial charge is 0.263 e. The second kappa shape index (κ2) is 9.89.